The zero-order valence-electron chi connectivity index (χ0n) is 11.8. The molecule has 3 N–H and O–H groups in total. The largest absolute Gasteiger partial charge is 0.481 e. The molecule has 1 atom stereocenters. The predicted molar refractivity (Wildman–Crippen MR) is 75.4 cm³/mol. The van der Waals surface area contributed by atoms with Gasteiger partial charge in [0.1, 0.15) is 0 Å². The van der Waals surface area contributed by atoms with Gasteiger partial charge in [-0.3, -0.25) is 19.9 Å². The number of amides is 3. The number of hydrogen-bond donors (Lipinski definition) is 3. The molecule has 0 aliphatic carbocycles. The Bertz CT molecular complexity index is 490. The van der Waals surface area contributed by atoms with Crippen LogP contribution in [-0.4, -0.2) is 28.0 Å². The van der Waals surface area contributed by atoms with Gasteiger partial charge in [0, 0.05) is 25.2 Å². The Morgan fingerprint density at radius 1 is 1.19 bits per heavy atom. The summed E-state index contributed by atoms with van der Waals surface area (Å²) in [5.74, 6) is -1.31. The number of carboxylic acids is 1. The topological polar surface area (TPSA) is 108 Å². The summed E-state index contributed by atoms with van der Waals surface area (Å²) >= 11 is 0. The molecule has 0 fully saturated rings. The second-order valence-corrected chi connectivity index (χ2v) is 4.62. The summed E-state index contributed by atoms with van der Waals surface area (Å²) in [7, 11) is 0. The number of nitrogens with zero attached hydrogens (tertiary/aromatic N) is 1. The van der Waals surface area contributed by atoms with E-state index in [4.69, 9.17) is 5.11 Å². The number of pyridine rings is 1. The summed E-state index contributed by atoms with van der Waals surface area (Å²) in [5, 5.41) is 13.3. The van der Waals surface area contributed by atoms with Gasteiger partial charge in [-0.25, -0.2) is 4.79 Å². The SMILES string of the molecule is CC(NC(=O)NC(=O)CCCCC(=O)O)c1ccncc1. The fourth-order valence-electron chi connectivity index (χ4n) is 1.72. The molecule has 21 heavy (non-hydrogen) atoms. The monoisotopic (exact) mass is 293 g/mol. The number of carboxylic acid groups (broad SMARTS) is 1. The fraction of sp³-hybridized carbons (Fsp3) is 0.429. The third-order valence-corrected chi connectivity index (χ3v) is 2.85. The lowest BCUT2D eigenvalue weighted by Gasteiger charge is -2.14. The maximum Gasteiger partial charge on any atom is 0.321 e. The lowest BCUT2D eigenvalue weighted by Crippen LogP contribution is -2.40. The van der Waals surface area contributed by atoms with Gasteiger partial charge in [0.05, 0.1) is 6.04 Å². The van der Waals surface area contributed by atoms with Crippen LogP contribution >= 0.6 is 0 Å². The van der Waals surface area contributed by atoms with E-state index >= 15 is 0 Å². The molecule has 1 rings (SSSR count). The first-order valence-electron chi connectivity index (χ1n) is 6.71. The molecule has 0 aliphatic heterocycles. The van der Waals surface area contributed by atoms with Gasteiger partial charge in [-0.15, -0.1) is 0 Å². The normalized spacial score (nSPS) is 11.5. The van der Waals surface area contributed by atoms with Crippen molar-refractivity contribution in [1.29, 1.82) is 0 Å². The highest BCUT2D eigenvalue weighted by molar-refractivity contribution is 5.94. The average Bonchev–Trinajstić information content (AvgIpc) is 2.44. The second kappa shape index (κ2) is 8.68. The van der Waals surface area contributed by atoms with Crippen molar-refractivity contribution in [2.24, 2.45) is 0 Å². The lowest BCUT2D eigenvalue weighted by molar-refractivity contribution is -0.137. The van der Waals surface area contributed by atoms with Crippen molar-refractivity contribution in [2.75, 3.05) is 0 Å². The van der Waals surface area contributed by atoms with Crippen LogP contribution in [0.4, 0.5) is 4.79 Å². The molecule has 0 aromatic carbocycles. The maximum atomic E-state index is 11.6. The summed E-state index contributed by atoms with van der Waals surface area (Å²) in [6.45, 7) is 1.80. The van der Waals surface area contributed by atoms with Crippen LogP contribution in [0, 0.1) is 0 Å². The van der Waals surface area contributed by atoms with E-state index in [-0.39, 0.29) is 18.9 Å². The van der Waals surface area contributed by atoms with Crippen LogP contribution in [0.1, 0.15) is 44.2 Å². The van der Waals surface area contributed by atoms with Crippen LogP contribution in [-0.2, 0) is 9.59 Å². The molecule has 3 amide bonds. The van der Waals surface area contributed by atoms with Gasteiger partial charge in [0.2, 0.25) is 5.91 Å². The Morgan fingerprint density at radius 3 is 2.43 bits per heavy atom. The molecule has 1 heterocycles. The van der Waals surface area contributed by atoms with Crippen LogP contribution in [0.2, 0.25) is 0 Å². The van der Waals surface area contributed by atoms with E-state index < -0.39 is 17.9 Å². The summed E-state index contributed by atoms with van der Waals surface area (Å²) in [6, 6.07) is 2.74. The van der Waals surface area contributed by atoms with Gasteiger partial charge in [0.15, 0.2) is 0 Å². The van der Waals surface area contributed by atoms with Crippen molar-refractivity contribution < 1.29 is 19.5 Å². The van der Waals surface area contributed by atoms with Gasteiger partial charge < -0.3 is 10.4 Å². The fourth-order valence-corrected chi connectivity index (χ4v) is 1.72. The van der Waals surface area contributed by atoms with Crippen molar-refractivity contribution in [3.8, 4) is 0 Å². The summed E-state index contributed by atoms with van der Waals surface area (Å²) in [5.41, 5.74) is 0.883. The van der Waals surface area contributed by atoms with Crippen molar-refractivity contribution >= 4 is 17.9 Å². The van der Waals surface area contributed by atoms with E-state index in [1.54, 1.807) is 31.5 Å². The molecule has 1 aromatic heterocycles. The van der Waals surface area contributed by atoms with E-state index in [0.29, 0.717) is 12.8 Å². The van der Waals surface area contributed by atoms with Crippen LogP contribution in [0.15, 0.2) is 24.5 Å². The Balaban J connectivity index is 2.26. The highest BCUT2D eigenvalue weighted by Crippen LogP contribution is 2.09. The molecule has 1 unspecified atom stereocenters. The van der Waals surface area contributed by atoms with Crippen LogP contribution in [0.25, 0.3) is 0 Å². The molecule has 0 saturated carbocycles. The van der Waals surface area contributed by atoms with Crippen molar-refractivity contribution in [3.63, 3.8) is 0 Å². The number of rotatable bonds is 7. The highest BCUT2D eigenvalue weighted by Gasteiger charge is 2.12. The van der Waals surface area contributed by atoms with Crippen LogP contribution in [0.3, 0.4) is 0 Å². The van der Waals surface area contributed by atoms with Crippen LogP contribution < -0.4 is 10.6 Å². The number of imide groups is 1. The van der Waals surface area contributed by atoms with E-state index in [0.717, 1.165) is 5.56 Å². The predicted octanol–water partition coefficient (Wildman–Crippen LogP) is 1.61. The molecule has 7 nitrogen and oxygen atoms in total. The van der Waals surface area contributed by atoms with E-state index in [1.807, 2.05) is 0 Å². The molecular formula is C14H19N3O4. The lowest BCUT2D eigenvalue weighted by atomic mass is 10.1. The summed E-state index contributed by atoms with van der Waals surface area (Å²) < 4.78 is 0. The van der Waals surface area contributed by atoms with Gasteiger partial charge in [-0.2, -0.15) is 0 Å². The number of carbonyl (C=O) groups is 3. The molecular weight excluding hydrogens is 274 g/mol. The van der Waals surface area contributed by atoms with Gasteiger partial charge in [-0.1, -0.05) is 0 Å². The molecule has 0 bridgehead atoms. The number of nitrogens with one attached hydrogen (secondary N) is 2. The summed E-state index contributed by atoms with van der Waals surface area (Å²) in [6.07, 6.45) is 4.25. The molecule has 0 spiro atoms. The van der Waals surface area contributed by atoms with E-state index in [9.17, 15) is 14.4 Å². The Hall–Kier alpha value is -2.44. The average molecular weight is 293 g/mol. The Morgan fingerprint density at radius 2 is 1.81 bits per heavy atom. The van der Waals surface area contributed by atoms with Crippen molar-refractivity contribution in [3.05, 3.63) is 30.1 Å². The minimum Gasteiger partial charge on any atom is -0.481 e. The van der Waals surface area contributed by atoms with Gasteiger partial charge in [-0.05, 0) is 37.5 Å². The Kier molecular flexibility index (Phi) is 6.86. The Labute approximate surface area is 122 Å². The molecule has 0 radical (unpaired) electrons. The molecule has 114 valence electrons. The van der Waals surface area contributed by atoms with E-state index in [2.05, 4.69) is 15.6 Å². The van der Waals surface area contributed by atoms with E-state index in [1.165, 1.54) is 0 Å². The number of aliphatic carboxylic acids is 1. The molecule has 1 aromatic rings. The van der Waals surface area contributed by atoms with Crippen LogP contribution in [0.5, 0.6) is 0 Å². The maximum absolute atomic E-state index is 11.6. The number of hydrogen-bond acceptors (Lipinski definition) is 4. The number of carbonyl (C=O) groups excluding carboxylic acids is 2. The third kappa shape index (κ3) is 7.05. The van der Waals surface area contributed by atoms with Gasteiger partial charge >= 0.3 is 12.0 Å². The zero-order chi connectivity index (χ0) is 15.7. The minimum absolute atomic E-state index is 0.0263. The number of unbranched alkanes of at least 4 members (excludes halogenated alkanes) is 1. The third-order valence-electron chi connectivity index (χ3n) is 2.85. The molecule has 0 saturated heterocycles. The van der Waals surface area contributed by atoms with Crippen molar-refractivity contribution in [2.45, 2.75) is 38.6 Å². The smallest absolute Gasteiger partial charge is 0.321 e. The zero-order valence-corrected chi connectivity index (χ0v) is 11.8. The minimum atomic E-state index is -0.890. The first-order chi connectivity index (χ1) is 9.99. The molecule has 7 heteroatoms. The first-order valence-corrected chi connectivity index (χ1v) is 6.71. The number of urea groups is 1. The summed E-state index contributed by atoms with van der Waals surface area (Å²) in [4.78, 5) is 37.3. The highest BCUT2D eigenvalue weighted by atomic mass is 16.4. The first kappa shape index (κ1) is 16.6. The van der Waals surface area contributed by atoms with Gasteiger partial charge in [0.25, 0.3) is 0 Å². The number of aromatic nitrogens is 1. The second-order valence-electron chi connectivity index (χ2n) is 4.62. The quantitative estimate of drug-likeness (QED) is 0.662. The van der Waals surface area contributed by atoms with Crippen molar-refractivity contribution in [1.82, 2.24) is 15.6 Å². The standard InChI is InChI=1S/C14H19N3O4/c1-10(11-6-8-15-9-7-11)16-14(21)17-12(18)4-2-3-5-13(19)20/h6-10H,2-5H2,1H3,(H,19,20)(H2,16,17,18,21). The molecule has 0 aliphatic rings.